The highest BCUT2D eigenvalue weighted by atomic mass is 32.1. The second-order valence-electron chi connectivity index (χ2n) is 4.11. The normalized spacial score (nSPS) is 13.5. The topological polar surface area (TPSA) is 26.0 Å². The summed E-state index contributed by atoms with van der Waals surface area (Å²) in [6.07, 6.45) is 2.54. The highest BCUT2D eigenvalue weighted by Gasteiger charge is 2.10. The first-order valence-corrected chi connectivity index (χ1v) is 5.82. The lowest BCUT2D eigenvalue weighted by molar-refractivity contribution is 0.520. The van der Waals surface area contributed by atoms with Crippen LogP contribution >= 0.6 is 11.3 Å². The van der Waals surface area contributed by atoms with Gasteiger partial charge in [-0.2, -0.15) is 0 Å². The Morgan fingerprint density at radius 1 is 1.31 bits per heavy atom. The zero-order valence-electron chi connectivity index (χ0n) is 8.71. The van der Waals surface area contributed by atoms with Gasteiger partial charge in [0, 0.05) is 10.6 Å². The van der Waals surface area contributed by atoms with E-state index < -0.39 is 0 Å². The maximum Gasteiger partial charge on any atom is 0.0458 e. The van der Waals surface area contributed by atoms with E-state index in [0.29, 0.717) is 5.92 Å². The summed E-state index contributed by atoms with van der Waals surface area (Å²) in [5.74, 6) is 1.42. The molecular formula is C11H19NS. The third-order valence-electron chi connectivity index (χ3n) is 2.35. The molecule has 0 aliphatic carbocycles. The number of nitrogen functional groups attached to an aromatic ring is 1. The molecule has 0 unspecified atom stereocenters. The average molecular weight is 197 g/mol. The first-order chi connectivity index (χ1) is 6.11. The van der Waals surface area contributed by atoms with Gasteiger partial charge in [0.2, 0.25) is 0 Å². The molecule has 1 aromatic rings. The van der Waals surface area contributed by atoms with Crippen LogP contribution in [0.15, 0.2) is 11.4 Å². The molecule has 0 saturated carbocycles. The summed E-state index contributed by atoms with van der Waals surface area (Å²) in [6.45, 7) is 6.81. The highest BCUT2D eigenvalue weighted by molar-refractivity contribution is 7.10. The third kappa shape index (κ3) is 3.03. The molecule has 0 aromatic carbocycles. The fourth-order valence-electron chi connectivity index (χ4n) is 1.45. The predicted octanol–water partition coefficient (Wildman–Crippen LogP) is 3.87. The maximum absolute atomic E-state index is 5.86. The van der Waals surface area contributed by atoms with Crippen LogP contribution in [0.25, 0.3) is 0 Å². The minimum Gasteiger partial charge on any atom is -0.398 e. The number of hydrogen-bond donors (Lipinski definition) is 1. The van der Waals surface area contributed by atoms with Crippen molar-refractivity contribution in [3.8, 4) is 0 Å². The molecular weight excluding hydrogens is 178 g/mol. The van der Waals surface area contributed by atoms with Crippen LogP contribution in [0.3, 0.4) is 0 Å². The van der Waals surface area contributed by atoms with E-state index in [-0.39, 0.29) is 0 Å². The van der Waals surface area contributed by atoms with Crippen molar-refractivity contribution in [2.75, 3.05) is 5.73 Å². The van der Waals surface area contributed by atoms with E-state index in [1.54, 1.807) is 11.3 Å². The second kappa shape index (κ2) is 4.66. The first-order valence-electron chi connectivity index (χ1n) is 4.94. The van der Waals surface area contributed by atoms with Crippen molar-refractivity contribution < 1.29 is 0 Å². The van der Waals surface area contributed by atoms with Crippen molar-refractivity contribution in [1.29, 1.82) is 0 Å². The van der Waals surface area contributed by atoms with Crippen molar-refractivity contribution in [3.05, 3.63) is 16.3 Å². The number of hydrogen-bond acceptors (Lipinski definition) is 2. The van der Waals surface area contributed by atoms with Crippen LogP contribution < -0.4 is 5.73 Å². The molecule has 0 saturated heterocycles. The Morgan fingerprint density at radius 2 is 2.00 bits per heavy atom. The summed E-state index contributed by atoms with van der Waals surface area (Å²) in [5.41, 5.74) is 6.83. The molecule has 1 aromatic heterocycles. The van der Waals surface area contributed by atoms with E-state index in [9.17, 15) is 0 Å². The molecule has 13 heavy (non-hydrogen) atoms. The summed E-state index contributed by atoms with van der Waals surface area (Å²) in [6, 6.07) is 2.01. The van der Waals surface area contributed by atoms with Crippen LogP contribution in [0.5, 0.6) is 0 Å². The van der Waals surface area contributed by atoms with Crippen molar-refractivity contribution in [2.24, 2.45) is 5.92 Å². The molecule has 0 spiro atoms. The molecule has 74 valence electrons. The molecule has 2 N–H and O–H groups in total. The van der Waals surface area contributed by atoms with E-state index in [2.05, 4.69) is 26.2 Å². The van der Waals surface area contributed by atoms with Gasteiger partial charge in [0.05, 0.1) is 0 Å². The molecule has 1 nitrogen and oxygen atoms in total. The highest BCUT2D eigenvalue weighted by Crippen LogP contribution is 2.31. The monoisotopic (exact) mass is 197 g/mol. The van der Waals surface area contributed by atoms with E-state index in [1.165, 1.54) is 17.7 Å². The molecule has 0 aliphatic rings. The van der Waals surface area contributed by atoms with Crippen LogP contribution in [-0.4, -0.2) is 0 Å². The summed E-state index contributed by atoms with van der Waals surface area (Å²) < 4.78 is 0. The minimum atomic E-state index is 0.627. The molecule has 1 rings (SSSR count). The number of nitrogens with two attached hydrogens (primary N) is 1. The third-order valence-corrected chi connectivity index (χ3v) is 3.52. The number of thiophene rings is 1. The SMILES string of the molecule is CC(C)CC[C@@H](C)c1sccc1N. The minimum absolute atomic E-state index is 0.627. The van der Waals surface area contributed by atoms with Crippen LogP contribution in [0.4, 0.5) is 5.69 Å². The van der Waals surface area contributed by atoms with Gasteiger partial charge >= 0.3 is 0 Å². The lowest BCUT2D eigenvalue weighted by atomic mass is 9.98. The van der Waals surface area contributed by atoms with E-state index in [1.807, 2.05) is 6.07 Å². The molecule has 0 aliphatic heterocycles. The number of rotatable bonds is 4. The smallest absolute Gasteiger partial charge is 0.0458 e. The Morgan fingerprint density at radius 3 is 2.46 bits per heavy atom. The van der Waals surface area contributed by atoms with Crippen molar-refractivity contribution in [3.63, 3.8) is 0 Å². The Balaban J connectivity index is 2.49. The van der Waals surface area contributed by atoms with E-state index in [4.69, 9.17) is 5.73 Å². The Kier molecular flexibility index (Phi) is 3.79. The standard InChI is InChI=1S/C11H19NS/c1-8(2)4-5-9(3)11-10(12)6-7-13-11/h6-9H,4-5,12H2,1-3H3/t9-/m1/s1. The van der Waals surface area contributed by atoms with Crippen LogP contribution in [0, 0.1) is 5.92 Å². The van der Waals surface area contributed by atoms with Gasteiger partial charge in [0.15, 0.2) is 0 Å². The fraction of sp³-hybridized carbons (Fsp3) is 0.636. The summed E-state index contributed by atoms with van der Waals surface area (Å²) in [5, 5.41) is 2.08. The molecule has 0 amide bonds. The molecule has 0 radical (unpaired) electrons. The van der Waals surface area contributed by atoms with Gasteiger partial charge in [0.25, 0.3) is 0 Å². The van der Waals surface area contributed by atoms with Gasteiger partial charge in [-0.1, -0.05) is 27.2 Å². The maximum atomic E-state index is 5.86. The van der Waals surface area contributed by atoms with Gasteiger partial charge in [-0.15, -0.1) is 11.3 Å². The summed E-state index contributed by atoms with van der Waals surface area (Å²) >= 11 is 1.78. The van der Waals surface area contributed by atoms with Gasteiger partial charge < -0.3 is 5.73 Å². The van der Waals surface area contributed by atoms with Gasteiger partial charge in [-0.3, -0.25) is 0 Å². The fourth-order valence-corrected chi connectivity index (χ4v) is 2.36. The van der Waals surface area contributed by atoms with E-state index in [0.717, 1.165) is 11.6 Å². The van der Waals surface area contributed by atoms with Crippen LogP contribution in [-0.2, 0) is 0 Å². The van der Waals surface area contributed by atoms with Gasteiger partial charge in [-0.25, -0.2) is 0 Å². The average Bonchev–Trinajstić information content (AvgIpc) is 2.47. The predicted molar refractivity (Wildman–Crippen MR) is 61.2 cm³/mol. The lowest BCUT2D eigenvalue weighted by Gasteiger charge is -2.11. The molecule has 1 heterocycles. The zero-order chi connectivity index (χ0) is 9.84. The largest absolute Gasteiger partial charge is 0.398 e. The Labute approximate surface area is 85.0 Å². The zero-order valence-corrected chi connectivity index (χ0v) is 9.53. The van der Waals surface area contributed by atoms with E-state index >= 15 is 0 Å². The van der Waals surface area contributed by atoms with Gasteiger partial charge in [-0.05, 0) is 29.7 Å². The first kappa shape index (κ1) is 10.6. The van der Waals surface area contributed by atoms with Crippen molar-refractivity contribution in [2.45, 2.75) is 39.5 Å². The van der Waals surface area contributed by atoms with Crippen LogP contribution in [0.2, 0.25) is 0 Å². The lowest BCUT2D eigenvalue weighted by Crippen LogP contribution is -1.97. The molecule has 2 heteroatoms. The summed E-state index contributed by atoms with van der Waals surface area (Å²) in [4.78, 5) is 1.36. The van der Waals surface area contributed by atoms with Crippen LogP contribution in [0.1, 0.15) is 44.4 Å². The van der Waals surface area contributed by atoms with Crippen molar-refractivity contribution >= 4 is 17.0 Å². The second-order valence-corrected chi connectivity index (χ2v) is 5.06. The molecule has 0 fully saturated rings. The molecule has 1 atom stereocenters. The Hall–Kier alpha value is -0.500. The Bertz CT molecular complexity index is 252. The molecule has 0 bridgehead atoms. The summed E-state index contributed by atoms with van der Waals surface area (Å²) in [7, 11) is 0. The quantitative estimate of drug-likeness (QED) is 0.779. The van der Waals surface area contributed by atoms with Crippen molar-refractivity contribution in [1.82, 2.24) is 0 Å². The number of anilines is 1. The van der Waals surface area contributed by atoms with Gasteiger partial charge in [0.1, 0.15) is 0 Å².